The van der Waals surface area contributed by atoms with Crippen molar-refractivity contribution >= 4 is 62.2 Å². The van der Waals surface area contributed by atoms with Gasteiger partial charge in [-0.05, 0) is 18.3 Å². The standard InChI is InChI=1S/C14H9ClN4O4S2/c15-11-6-3-7-8(23-5-22-7)4-9(6)25-12(11)13(21)17-14(24)19-18-10(20)1-2-16/h3-4H,1,5H2,(H,18,20)(H2,17,19,21,24). The first kappa shape index (κ1) is 17.2. The summed E-state index contributed by atoms with van der Waals surface area (Å²) in [6.07, 6.45) is -0.333. The van der Waals surface area contributed by atoms with Gasteiger partial charge in [-0.2, -0.15) is 5.26 Å². The monoisotopic (exact) mass is 396 g/mol. The number of thiophene rings is 1. The van der Waals surface area contributed by atoms with Crippen LogP contribution in [0.4, 0.5) is 0 Å². The molecule has 2 amide bonds. The molecule has 8 nitrogen and oxygen atoms in total. The van der Waals surface area contributed by atoms with Crippen LogP contribution < -0.4 is 25.6 Å². The zero-order valence-electron chi connectivity index (χ0n) is 12.3. The molecule has 1 aliphatic heterocycles. The number of hydrogen-bond donors (Lipinski definition) is 3. The Morgan fingerprint density at radius 3 is 2.76 bits per heavy atom. The van der Waals surface area contributed by atoms with Crippen LogP contribution in [-0.2, 0) is 4.79 Å². The van der Waals surface area contributed by atoms with Crippen LogP contribution in [0, 0.1) is 11.3 Å². The SMILES string of the molecule is N#CCC(=O)NNC(=S)NC(=O)c1sc2cc3c(cc2c1Cl)OCO3. The lowest BCUT2D eigenvalue weighted by molar-refractivity contribution is -0.120. The summed E-state index contributed by atoms with van der Waals surface area (Å²) in [5, 5.41) is 11.6. The normalized spacial score (nSPS) is 11.7. The van der Waals surface area contributed by atoms with Gasteiger partial charge in [0.05, 0.1) is 11.1 Å². The van der Waals surface area contributed by atoms with Crippen molar-refractivity contribution in [3.05, 3.63) is 22.0 Å². The minimum absolute atomic E-state index is 0.126. The van der Waals surface area contributed by atoms with Crippen molar-refractivity contribution in [3.8, 4) is 17.6 Å². The fraction of sp³-hybridized carbons (Fsp3) is 0.143. The van der Waals surface area contributed by atoms with Gasteiger partial charge in [-0.3, -0.25) is 25.8 Å². The van der Waals surface area contributed by atoms with E-state index in [0.717, 1.165) is 4.70 Å². The van der Waals surface area contributed by atoms with Gasteiger partial charge >= 0.3 is 0 Å². The number of halogens is 1. The average Bonchev–Trinajstić information content (AvgIpc) is 3.15. The average molecular weight is 397 g/mol. The lowest BCUT2D eigenvalue weighted by atomic mass is 10.2. The first-order chi connectivity index (χ1) is 12.0. The highest BCUT2D eigenvalue weighted by atomic mass is 35.5. The second kappa shape index (κ2) is 7.10. The van der Waals surface area contributed by atoms with Crippen LogP contribution in [0.5, 0.6) is 11.5 Å². The minimum atomic E-state index is -0.575. The summed E-state index contributed by atoms with van der Waals surface area (Å²) < 4.78 is 11.4. The molecule has 0 saturated carbocycles. The molecule has 3 rings (SSSR count). The maximum absolute atomic E-state index is 12.3. The molecule has 0 spiro atoms. The highest BCUT2D eigenvalue weighted by Gasteiger charge is 2.22. The Kier molecular flexibility index (Phi) is 4.89. The van der Waals surface area contributed by atoms with E-state index in [-0.39, 0.29) is 28.2 Å². The van der Waals surface area contributed by atoms with Crippen molar-refractivity contribution in [2.45, 2.75) is 6.42 Å². The minimum Gasteiger partial charge on any atom is -0.454 e. The van der Waals surface area contributed by atoms with E-state index in [2.05, 4.69) is 16.2 Å². The van der Waals surface area contributed by atoms with Crippen LogP contribution in [0.25, 0.3) is 10.1 Å². The lowest BCUT2D eigenvalue weighted by Gasteiger charge is -2.09. The molecule has 0 unspecified atom stereocenters. The number of ether oxygens (including phenoxy) is 2. The molecule has 1 aliphatic rings. The molecule has 2 aromatic rings. The third kappa shape index (κ3) is 3.58. The van der Waals surface area contributed by atoms with E-state index in [4.69, 9.17) is 38.6 Å². The zero-order valence-corrected chi connectivity index (χ0v) is 14.7. The maximum Gasteiger partial charge on any atom is 0.269 e. The number of thiocarbonyl (C=S) groups is 1. The number of hydrogen-bond acceptors (Lipinski definition) is 7. The van der Waals surface area contributed by atoms with E-state index < -0.39 is 11.8 Å². The Labute approximate surface area is 155 Å². The van der Waals surface area contributed by atoms with Gasteiger partial charge in [0.2, 0.25) is 6.79 Å². The first-order valence-electron chi connectivity index (χ1n) is 6.78. The van der Waals surface area contributed by atoms with Gasteiger partial charge in [0.15, 0.2) is 16.6 Å². The lowest BCUT2D eigenvalue weighted by Crippen LogP contribution is -2.48. The van der Waals surface area contributed by atoms with E-state index in [0.29, 0.717) is 16.9 Å². The van der Waals surface area contributed by atoms with Crippen LogP contribution >= 0.6 is 35.2 Å². The number of carbonyl (C=O) groups excluding carboxylic acids is 2. The Morgan fingerprint density at radius 1 is 1.32 bits per heavy atom. The van der Waals surface area contributed by atoms with Gasteiger partial charge in [-0.15, -0.1) is 11.3 Å². The number of nitriles is 1. The molecular formula is C14H9ClN4O4S2. The van der Waals surface area contributed by atoms with Crippen LogP contribution in [0.1, 0.15) is 16.1 Å². The van der Waals surface area contributed by atoms with Crippen molar-refractivity contribution < 1.29 is 19.1 Å². The Balaban J connectivity index is 1.72. The van der Waals surface area contributed by atoms with E-state index in [9.17, 15) is 9.59 Å². The second-order valence-electron chi connectivity index (χ2n) is 4.74. The van der Waals surface area contributed by atoms with Crippen molar-refractivity contribution in [3.63, 3.8) is 0 Å². The molecular weight excluding hydrogens is 388 g/mol. The molecule has 11 heteroatoms. The smallest absolute Gasteiger partial charge is 0.269 e. The third-order valence-corrected chi connectivity index (χ3v) is 4.97. The number of benzene rings is 1. The summed E-state index contributed by atoms with van der Waals surface area (Å²) in [6, 6.07) is 5.15. The molecule has 1 aromatic carbocycles. The van der Waals surface area contributed by atoms with Gasteiger partial charge in [0.1, 0.15) is 11.3 Å². The molecule has 0 radical (unpaired) electrons. The van der Waals surface area contributed by atoms with E-state index in [1.165, 1.54) is 11.3 Å². The molecule has 0 aliphatic carbocycles. The van der Waals surface area contributed by atoms with Crippen molar-refractivity contribution in [2.75, 3.05) is 6.79 Å². The summed E-state index contributed by atoms with van der Waals surface area (Å²) in [6.45, 7) is 0.148. The molecule has 1 aromatic heterocycles. The Morgan fingerprint density at radius 2 is 2.04 bits per heavy atom. The number of amides is 2. The molecule has 0 saturated heterocycles. The summed E-state index contributed by atoms with van der Waals surface area (Å²) in [4.78, 5) is 23.7. The largest absolute Gasteiger partial charge is 0.454 e. The van der Waals surface area contributed by atoms with Crippen molar-refractivity contribution in [1.29, 1.82) is 5.26 Å². The number of hydrazine groups is 1. The highest BCUT2D eigenvalue weighted by Crippen LogP contribution is 2.43. The number of nitrogens with one attached hydrogen (secondary N) is 3. The molecule has 0 atom stereocenters. The van der Waals surface area contributed by atoms with Gasteiger partial charge in [0.25, 0.3) is 11.8 Å². The van der Waals surface area contributed by atoms with Gasteiger partial charge in [-0.25, -0.2) is 0 Å². The fourth-order valence-corrected chi connectivity index (χ4v) is 3.59. The van der Waals surface area contributed by atoms with Crippen molar-refractivity contribution in [1.82, 2.24) is 16.2 Å². The van der Waals surface area contributed by atoms with Crippen LogP contribution in [0.3, 0.4) is 0 Å². The van der Waals surface area contributed by atoms with Crippen molar-refractivity contribution in [2.24, 2.45) is 0 Å². The van der Waals surface area contributed by atoms with Gasteiger partial charge in [-0.1, -0.05) is 11.6 Å². The predicted octanol–water partition coefficient (Wildman–Crippen LogP) is 1.83. The molecule has 0 bridgehead atoms. The fourth-order valence-electron chi connectivity index (χ4n) is 2.04. The number of nitrogens with zero attached hydrogens (tertiary/aromatic N) is 1. The summed E-state index contributed by atoms with van der Waals surface area (Å²) >= 11 is 12.4. The quantitative estimate of drug-likeness (QED) is 0.524. The summed E-state index contributed by atoms with van der Waals surface area (Å²) in [5.74, 6) is 0.0556. The molecule has 3 N–H and O–H groups in total. The summed E-state index contributed by atoms with van der Waals surface area (Å²) in [5.41, 5.74) is 4.51. The van der Waals surface area contributed by atoms with E-state index >= 15 is 0 Å². The predicted molar refractivity (Wildman–Crippen MR) is 94.5 cm³/mol. The van der Waals surface area contributed by atoms with Crippen LogP contribution in [0.2, 0.25) is 5.02 Å². The van der Waals surface area contributed by atoms with Crippen LogP contribution in [-0.4, -0.2) is 23.7 Å². The molecule has 0 fully saturated rings. The topological polar surface area (TPSA) is 112 Å². The first-order valence-corrected chi connectivity index (χ1v) is 8.38. The Hall–Kier alpha value is -2.61. The number of fused-ring (bicyclic) bond motifs is 2. The molecule has 128 valence electrons. The highest BCUT2D eigenvalue weighted by molar-refractivity contribution is 7.80. The zero-order chi connectivity index (χ0) is 18.0. The third-order valence-electron chi connectivity index (χ3n) is 3.11. The Bertz CT molecular complexity index is 937. The maximum atomic E-state index is 12.3. The van der Waals surface area contributed by atoms with E-state index in [1.807, 2.05) is 0 Å². The number of rotatable bonds is 2. The number of carbonyl (C=O) groups is 2. The van der Waals surface area contributed by atoms with Gasteiger partial charge in [0, 0.05) is 16.2 Å². The van der Waals surface area contributed by atoms with Crippen LogP contribution in [0.15, 0.2) is 12.1 Å². The molecule has 25 heavy (non-hydrogen) atoms. The summed E-state index contributed by atoms with van der Waals surface area (Å²) in [7, 11) is 0. The molecule has 2 heterocycles. The van der Waals surface area contributed by atoms with E-state index in [1.54, 1.807) is 18.2 Å². The second-order valence-corrected chi connectivity index (χ2v) is 6.58. The van der Waals surface area contributed by atoms with Gasteiger partial charge < -0.3 is 9.47 Å².